The number of aromatic nitrogens is 1. The molecule has 0 spiro atoms. The zero-order chi connectivity index (χ0) is 20.8. The fraction of sp³-hybridized carbons (Fsp3) is 0.261. The highest BCUT2D eigenvalue weighted by Crippen LogP contribution is 2.30. The Bertz CT molecular complexity index is 1050. The van der Waals surface area contributed by atoms with Gasteiger partial charge in [0, 0.05) is 16.0 Å². The summed E-state index contributed by atoms with van der Waals surface area (Å²) >= 11 is 1.50. The summed E-state index contributed by atoms with van der Waals surface area (Å²) < 4.78 is 5.41. The van der Waals surface area contributed by atoms with Gasteiger partial charge in [0.2, 0.25) is 5.91 Å². The Morgan fingerprint density at radius 1 is 1.17 bits per heavy atom. The van der Waals surface area contributed by atoms with E-state index in [2.05, 4.69) is 41.5 Å². The van der Waals surface area contributed by atoms with Crippen LogP contribution in [0.2, 0.25) is 0 Å². The van der Waals surface area contributed by atoms with Crippen molar-refractivity contribution in [2.75, 3.05) is 12.4 Å². The Balaban J connectivity index is 1.62. The van der Waals surface area contributed by atoms with Crippen LogP contribution >= 0.6 is 11.8 Å². The number of thioether (sulfide) groups is 1. The molecule has 0 unspecified atom stereocenters. The number of amides is 1. The zero-order valence-electron chi connectivity index (χ0n) is 17.2. The number of rotatable bonds is 7. The lowest BCUT2D eigenvalue weighted by Crippen LogP contribution is -2.19. The van der Waals surface area contributed by atoms with E-state index in [-0.39, 0.29) is 11.7 Å². The molecule has 6 heteroatoms. The van der Waals surface area contributed by atoms with E-state index in [4.69, 9.17) is 4.74 Å². The summed E-state index contributed by atoms with van der Waals surface area (Å²) in [5.41, 5.74) is 7.75. The third-order valence-corrected chi connectivity index (χ3v) is 5.35. The van der Waals surface area contributed by atoms with Crippen LogP contribution in [0.5, 0.6) is 5.75 Å². The predicted molar refractivity (Wildman–Crippen MR) is 120 cm³/mol. The molecule has 1 N–H and O–H groups in total. The van der Waals surface area contributed by atoms with E-state index in [9.17, 15) is 4.79 Å². The van der Waals surface area contributed by atoms with E-state index in [1.165, 1.54) is 17.3 Å². The summed E-state index contributed by atoms with van der Waals surface area (Å²) in [6, 6.07) is 13.8. The average molecular weight is 408 g/mol. The summed E-state index contributed by atoms with van der Waals surface area (Å²) in [5.74, 6) is 0.950. The van der Waals surface area contributed by atoms with Crippen molar-refractivity contribution in [3.8, 4) is 5.75 Å². The molecule has 0 fully saturated rings. The lowest BCUT2D eigenvalue weighted by atomic mass is 10.1. The van der Waals surface area contributed by atoms with Crippen LogP contribution < -0.4 is 10.2 Å². The molecule has 1 heterocycles. The SMILES string of the molecule is CCOc1ccc(/C=N\NC(=O)CSc2cc(C)nc3c(C)cc(C)cc23)cc1. The van der Waals surface area contributed by atoms with E-state index >= 15 is 0 Å². The minimum Gasteiger partial charge on any atom is -0.494 e. The minimum absolute atomic E-state index is 0.149. The average Bonchev–Trinajstić information content (AvgIpc) is 2.68. The number of benzene rings is 2. The molecule has 1 aromatic heterocycles. The molecule has 0 bridgehead atoms. The summed E-state index contributed by atoms with van der Waals surface area (Å²) in [7, 11) is 0. The van der Waals surface area contributed by atoms with E-state index in [1.807, 2.05) is 44.2 Å². The molecule has 0 saturated heterocycles. The van der Waals surface area contributed by atoms with Gasteiger partial charge in [0.05, 0.1) is 24.1 Å². The number of hydrogen-bond acceptors (Lipinski definition) is 5. The van der Waals surface area contributed by atoms with Crippen molar-refractivity contribution >= 4 is 34.8 Å². The highest BCUT2D eigenvalue weighted by Gasteiger charge is 2.10. The third-order valence-electron chi connectivity index (χ3n) is 4.29. The number of nitrogens with one attached hydrogen (secondary N) is 1. The molecule has 3 aromatic rings. The van der Waals surface area contributed by atoms with Gasteiger partial charge in [0.25, 0.3) is 0 Å². The van der Waals surface area contributed by atoms with E-state index < -0.39 is 0 Å². The Kier molecular flexibility index (Phi) is 6.88. The van der Waals surface area contributed by atoms with E-state index in [0.29, 0.717) is 6.61 Å². The quantitative estimate of drug-likeness (QED) is 0.347. The number of hydrazone groups is 1. The van der Waals surface area contributed by atoms with Crippen molar-refractivity contribution in [1.29, 1.82) is 0 Å². The fourth-order valence-electron chi connectivity index (χ4n) is 3.06. The molecule has 1 amide bonds. The van der Waals surface area contributed by atoms with Gasteiger partial charge in [-0.1, -0.05) is 11.6 Å². The van der Waals surface area contributed by atoms with Crippen molar-refractivity contribution in [2.45, 2.75) is 32.6 Å². The molecule has 5 nitrogen and oxygen atoms in total. The van der Waals surface area contributed by atoms with Crippen molar-refractivity contribution in [2.24, 2.45) is 5.10 Å². The van der Waals surface area contributed by atoms with Crippen LogP contribution in [-0.2, 0) is 4.79 Å². The summed E-state index contributed by atoms with van der Waals surface area (Å²) in [4.78, 5) is 17.9. The van der Waals surface area contributed by atoms with Gasteiger partial charge in [-0.05, 0) is 75.2 Å². The Morgan fingerprint density at radius 3 is 2.66 bits per heavy atom. The van der Waals surface area contributed by atoms with E-state index in [0.717, 1.165) is 38.4 Å². The molecule has 0 saturated carbocycles. The Labute approximate surface area is 175 Å². The van der Waals surface area contributed by atoms with Crippen molar-refractivity contribution in [3.05, 3.63) is 64.8 Å². The molecule has 0 atom stereocenters. The van der Waals surface area contributed by atoms with Gasteiger partial charge in [-0.25, -0.2) is 5.43 Å². The lowest BCUT2D eigenvalue weighted by Gasteiger charge is -2.10. The topological polar surface area (TPSA) is 63.6 Å². The molecule has 0 aliphatic heterocycles. The molecule has 150 valence electrons. The first-order chi connectivity index (χ1) is 14.0. The van der Waals surface area contributed by atoms with Gasteiger partial charge in [-0.2, -0.15) is 5.10 Å². The maximum atomic E-state index is 12.2. The van der Waals surface area contributed by atoms with Gasteiger partial charge in [0.15, 0.2) is 0 Å². The number of hydrogen-bond donors (Lipinski definition) is 1. The highest BCUT2D eigenvalue weighted by molar-refractivity contribution is 8.00. The number of nitrogens with zero attached hydrogens (tertiary/aromatic N) is 2. The smallest absolute Gasteiger partial charge is 0.250 e. The lowest BCUT2D eigenvalue weighted by molar-refractivity contribution is -0.118. The highest BCUT2D eigenvalue weighted by atomic mass is 32.2. The van der Waals surface area contributed by atoms with Gasteiger partial charge >= 0.3 is 0 Å². The molecule has 0 aliphatic carbocycles. The van der Waals surface area contributed by atoms with E-state index in [1.54, 1.807) is 6.21 Å². The molecule has 2 aromatic carbocycles. The number of carbonyl (C=O) groups excluding carboxylic acids is 1. The third kappa shape index (κ3) is 5.57. The van der Waals surface area contributed by atoms with Crippen LogP contribution in [-0.4, -0.2) is 29.5 Å². The van der Waals surface area contributed by atoms with Crippen molar-refractivity contribution < 1.29 is 9.53 Å². The van der Waals surface area contributed by atoms with Crippen molar-refractivity contribution in [3.63, 3.8) is 0 Å². The first kappa shape index (κ1) is 20.9. The Morgan fingerprint density at radius 2 is 1.93 bits per heavy atom. The fourth-order valence-corrected chi connectivity index (χ4v) is 3.98. The second-order valence-electron chi connectivity index (χ2n) is 6.82. The van der Waals surface area contributed by atoms with Crippen LogP contribution in [0.15, 0.2) is 52.5 Å². The minimum atomic E-state index is -0.149. The van der Waals surface area contributed by atoms with Crippen LogP contribution in [0.3, 0.4) is 0 Å². The molecular weight excluding hydrogens is 382 g/mol. The normalized spacial score (nSPS) is 11.2. The predicted octanol–water partition coefficient (Wildman–Crippen LogP) is 4.80. The van der Waals surface area contributed by atoms with Crippen LogP contribution in [0, 0.1) is 20.8 Å². The van der Waals surface area contributed by atoms with Gasteiger partial charge in [0.1, 0.15) is 5.75 Å². The van der Waals surface area contributed by atoms with Gasteiger partial charge in [-0.15, -0.1) is 11.8 Å². The number of aryl methyl sites for hydroxylation is 3. The summed E-state index contributed by atoms with van der Waals surface area (Å²) in [5, 5.41) is 5.13. The maximum Gasteiger partial charge on any atom is 0.250 e. The molecular formula is C23H25N3O2S. The second-order valence-corrected chi connectivity index (χ2v) is 7.84. The molecule has 29 heavy (non-hydrogen) atoms. The van der Waals surface area contributed by atoms with Gasteiger partial charge < -0.3 is 4.74 Å². The number of pyridine rings is 1. The Hall–Kier alpha value is -2.86. The van der Waals surface area contributed by atoms with Crippen LogP contribution in [0.25, 0.3) is 10.9 Å². The maximum absolute atomic E-state index is 12.2. The van der Waals surface area contributed by atoms with Crippen LogP contribution in [0.4, 0.5) is 0 Å². The largest absolute Gasteiger partial charge is 0.494 e. The van der Waals surface area contributed by atoms with Gasteiger partial charge in [-0.3, -0.25) is 9.78 Å². The first-order valence-corrected chi connectivity index (χ1v) is 10.5. The van der Waals surface area contributed by atoms with Crippen LogP contribution in [0.1, 0.15) is 29.3 Å². The summed E-state index contributed by atoms with van der Waals surface area (Å²) in [6.07, 6.45) is 1.62. The molecule has 0 aliphatic rings. The first-order valence-electron chi connectivity index (χ1n) is 9.52. The number of ether oxygens (including phenoxy) is 1. The van der Waals surface area contributed by atoms with Crippen molar-refractivity contribution in [1.82, 2.24) is 10.4 Å². The number of fused-ring (bicyclic) bond motifs is 1. The monoisotopic (exact) mass is 407 g/mol. The second kappa shape index (κ2) is 9.56. The molecule has 3 rings (SSSR count). The summed E-state index contributed by atoms with van der Waals surface area (Å²) in [6.45, 7) is 8.69. The number of carbonyl (C=O) groups is 1. The standard InChI is InChI=1S/C23H25N3O2S/c1-5-28-19-8-6-18(7-9-19)13-24-26-22(27)14-29-21-12-17(4)25-23-16(3)10-15(2)11-20(21)23/h6-13H,5,14H2,1-4H3,(H,26,27)/b24-13-. The zero-order valence-corrected chi connectivity index (χ0v) is 18.0. The molecule has 0 radical (unpaired) electrons.